The van der Waals surface area contributed by atoms with Crippen LogP contribution in [0, 0.1) is 10.1 Å². The molecule has 0 radical (unpaired) electrons. The summed E-state index contributed by atoms with van der Waals surface area (Å²) in [4.78, 5) is 38.5. The standard InChI is InChI=1S/C22H28N2O9S.Na.H/c1-6-32-21(25)18-14(4)23(13(3)12-34(29,30)31)15(5)19(22(26)33-7-2)20(18)16-9-8-10-17(11-16)24(27)28;;/h8-11,13,20H,6-7,12H2,1-5H3,(H,29,30,31);;/q;+1;-1. The van der Waals surface area contributed by atoms with Crippen molar-refractivity contribution in [1.29, 1.82) is 0 Å². The number of non-ortho nitro benzene ring substituents is 1. The van der Waals surface area contributed by atoms with Crippen LogP contribution in [0.1, 0.15) is 47.5 Å². The van der Waals surface area contributed by atoms with Gasteiger partial charge in [-0.1, -0.05) is 12.1 Å². The monoisotopic (exact) mass is 520 g/mol. The second kappa shape index (κ2) is 12.6. The molecule has 1 atom stereocenters. The van der Waals surface area contributed by atoms with E-state index >= 15 is 0 Å². The van der Waals surface area contributed by atoms with Gasteiger partial charge >= 0.3 is 41.5 Å². The van der Waals surface area contributed by atoms with Gasteiger partial charge in [0, 0.05) is 29.6 Å². The van der Waals surface area contributed by atoms with Gasteiger partial charge in [-0.05, 0) is 40.2 Å². The third-order valence-electron chi connectivity index (χ3n) is 5.38. The van der Waals surface area contributed by atoms with Crippen LogP contribution in [0.25, 0.3) is 0 Å². The van der Waals surface area contributed by atoms with Gasteiger partial charge in [0.1, 0.15) is 0 Å². The summed E-state index contributed by atoms with van der Waals surface area (Å²) in [6.45, 7) is 7.88. The van der Waals surface area contributed by atoms with E-state index in [1.165, 1.54) is 30.0 Å². The van der Waals surface area contributed by atoms with Crippen molar-refractivity contribution in [3.8, 4) is 0 Å². The summed E-state index contributed by atoms with van der Waals surface area (Å²) in [6, 6.07) is 4.68. The van der Waals surface area contributed by atoms with E-state index in [0.29, 0.717) is 5.56 Å². The van der Waals surface area contributed by atoms with Crippen molar-refractivity contribution in [3.63, 3.8) is 0 Å². The summed E-state index contributed by atoms with van der Waals surface area (Å²) in [7, 11) is -4.39. The maximum atomic E-state index is 13.1. The molecule has 1 aromatic carbocycles. The Morgan fingerprint density at radius 3 is 2.03 bits per heavy atom. The third kappa shape index (κ3) is 7.14. The normalized spacial score (nSPS) is 15.4. The summed E-state index contributed by atoms with van der Waals surface area (Å²) >= 11 is 0. The van der Waals surface area contributed by atoms with Crippen LogP contribution in [0.3, 0.4) is 0 Å². The molecule has 0 aromatic heterocycles. The number of nitrogens with zero attached hydrogens (tertiary/aromatic N) is 2. The summed E-state index contributed by atoms with van der Waals surface area (Å²) in [5.74, 6) is -3.27. The average molecular weight is 521 g/mol. The maximum absolute atomic E-state index is 13.1. The van der Waals surface area contributed by atoms with Crippen molar-refractivity contribution in [1.82, 2.24) is 4.90 Å². The number of benzene rings is 1. The molecule has 0 aliphatic carbocycles. The predicted octanol–water partition coefficient (Wildman–Crippen LogP) is 0.0610. The molecule has 13 heteroatoms. The van der Waals surface area contributed by atoms with Crippen molar-refractivity contribution in [3.05, 3.63) is 62.5 Å². The minimum Gasteiger partial charge on any atom is -1.00 e. The number of rotatable bonds is 9. The molecule has 1 aliphatic heterocycles. The number of esters is 2. The summed E-state index contributed by atoms with van der Waals surface area (Å²) < 4.78 is 43.0. The van der Waals surface area contributed by atoms with Crippen molar-refractivity contribution in [2.45, 2.75) is 46.6 Å². The SMILES string of the molecule is CCOC(=O)C1=C(C)N(C(C)CS(=O)(=O)O)C(C)=C(C(=O)OCC)C1c1cccc([N+](=O)[O-])c1.[H-].[Na+]. The van der Waals surface area contributed by atoms with Crippen LogP contribution < -0.4 is 29.6 Å². The van der Waals surface area contributed by atoms with E-state index in [1.54, 1.807) is 33.8 Å². The van der Waals surface area contributed by atoms with Crippen LogP contribution in [-0.2, 0) is 29.2 Å². The largest absolute Gasteiger partial charge is 1.00 e. The van der Waals surface area contributed by atoms with E-state index in [9.17, 15) is 32.7 Å². The number of ether oxygens (including phenoxy) is 2. The van der Waals surface area contributed by atoms with E-state index in [0.717, 1.165) is 0 Å². The Kier molecular flexibility index (Phi) is 11.1. The fourth-order valence-corrected chi connectivity index (χ4v) is 4.97. The van der Waals surface area contributed by atoms with E-state index in [1.807, 2.05) is 0 Å². The molecule has 1 N–H and O–H groups in total. The van der Waals surface area contributed by atoms with Crippen LogP contribution in [0.2, 0.25) is 0 Å². The van der Waals surface area contributed by atoms with E-state index < -0.39 is 44.7 Å². The van der Waals surface area contributed by atoms with Gasteiger partial charge in [0.15, 0.2) is 0 Å². The Morgan fingerprint density at radius 2 is 1.63 bits per heavy atom. The van der Waals surface area contributed by atoms with Gasteiger partial charge in [-0.2, -0.15) is 8.42 Å². The van der Waals surface area contributed by atoms with Gasteiger partial charge in [0.2, 0.25) is 0 Å². The fourth-order valence-electron chi connectivity index (χ4n) is 4.21. The molecule has 1 unspecified atom stereocenters. The topological polar surface area (TPSA) is 153 Å². The smallest absolute Gasteiger partial charge is 1.00 e. The van der Waals surface area contributed by atoms with E-state index in [-0.39, 0.29) is 72.4 Å². The fraction of sp³-hybridized carbons (Fsp3) is 0.455. The van der Waals surface area contributed by atoms with Crippen LogP contribution in [0.5, 0.6) is 0 Å². The molecule has 188 valence electrons. The summed E-state index contributed by atoms with van der Waals surface area (Å²) in [5.41, 5.74) is 0.659. The number of carbonyl (C=O) groups is 2. The number of nitro benzene ring substituents is 1. The summed E-state index contributed by atoms with van der Waals surface area (Å²) in [6.07, 6.45) is 0. The molecular weight excluding hydrogens is 491 g/mol. The second-order valence-electron chi connectivity index (χ2n) is 7.69. The molecule has 0 saturated carbocycles. The molecule has 1 heterocycles. The Labute approximate surface area is 227 Å². The molecule has 11 nitrogen and oxygen atoms in total. The number of hydrogen-bond acceptors (Lipinski definition) is 9. The van der Waals surface area contributed by atoms with Gasteiger partial charge in [0.25, 0.3) is 15.8 Å². The molecule has 0 fully saturated rings. The Hall–Kier alpha value is -2.25. The number of hydrogen-bond donors (Lipinski definition) is 1. The molecule has 1 aromatic rings. The minimum absolute atomic E-state index is 0. The first-order chi connectivity index (χ1) is 15.8. The molecule has 0 amide bonds. The first kappa shape index (κ1) is 30.8. The number of nitro groups is 1. The van der Waals surface area contributed by atoms with E-state index in [4.69, 9.17) is 9.47 Å². The quantitative estimate of drug-likeness (QED) is 0.155. The maximum Gasteiger partial charge on any atom is 1.00 e. The van der Waals surface area contributed by atoms with Crippen LogP contribution in [-0.4, -0.2) is 59.7 Å². The first-order valence-electron chi connectivity index (χ1n) is 10.6. The van der Waals surface area contributed by atoms with Crippen LogP contribution >= 0.6 is 0 Å². The van der Waals surface area contributed by atoms with Crippen LogP contribution in [0.15, 0.2) is 46.8 Å². The third-order valence-corrected chi connectivity index (χ3v) is 6.28. The number of allylic oxidation sites excluding steroid dienone is 2. The van der Waals surface area contributed by atoms with Gasteiger partial charge in [-0.3, -0.25) is 14.7 Å². The van der Waals surface area contributed by atoms with Gasteiger partial charge in [-0.15, -0.1) is 0 Å². The Balaban J connectivity index is 0.00000612. The van der Waals surface area contributed by atoms with E-state index in [2.05, 4.69) is 0 Å². The van der Waals surface area contributed by atoms with Crippen molar-refractivity contribution >= 4 is 27.7 Å². The molecule has 2 rings (SSSR count). The predicted molar refractivity (Wildman–Crippen MR) is 123 cm³/mol. The van der Waals surface area contributed by atoms with Gasteiger partial charge in [0.05, 0.1) is 41.0 Å². The van der Waals surface area contributed by atoms with Gasteiger partial charge in [-0.25, -0.2) is 9.59 Å². The summed E-state index contributed by atoms with van der Waals surface area (Å²) in [5, 5.41) is 11.4. The first-order valence-corrected chi connectivity index (χ1v) is 12.2. The molecule has 0 saturated heterocycles. The zero-order valence-corrected chi connectivity index (χ0v) is 23.4. The zero-order chi connectivity index (χ0) is 25.8. The second-order valence-corrected chi connectivity index (χ2v) is 9.19. The van der Waals surface area contributed by atoms with Crippen molar-refractivity contribution < 1.29 is 67.9 Å². The minimum atomic E-state index is -4.39. The number of carbonyl (C=O) groups excluding carboxylic acids is 2. The molecule has 1 aliphatic rings. The Morgan fingerprint density at radius 1 is 1.14 bits per heavy atom. The van der Waals surface area contributed by atoms with Gasteiger partial charge < -0.3 is 15.8 Å². The Bertz CT molecular complexity index is 1130. The zero-order valence-electron chi connectivity index (χ0n) is 21.6. The molecular formula is C22H29N2NaO9S. The molecule has 35 heavy (non-hydrogen) atoms. The van der Waals surface area contributed by atoms with Crippen molar-refractivity contribution in [2.24, 2.45) is 0 Å². The molecule has 0 spiro atoms. The average Bonchev–Trinajstić information content (AvgIpc) is 2.72. The molecule has 0 bridgehead atoms. The van der Waals surface area contributed by atoms with Crippen molar-refractivity contribution in [2.75, 3.05) is 19.0 Å². The van der Waals surface area contributed by atoms with Crippen LogP contribution in [0.4, 0.5) is 5.69 Å².